The Kier molecular flexibility index (Phi) is 6.35. The van der Waals surface area contributed by atoms with Crippen LogP contribution in [0.15, 0.2) is 42.7 Å². The number of rotatable bonds is 7. The maximum Gasteiger partial charge on any atom is 0.242 e. The van der Waals surface area contributed by atoms with Gasteiger partial charge in [-0.25, -0.2) is 4.68 Å². The van der Waals surface area contributed by atoms with Crippen molar-refractivity contribution in [3.05, 3.63) is 65.5 Å². The van der Waals surface area contributed by atoms with Gasteiger partial charge in [-0.15, -0.1) is 5.10 Å². The zero-order chi connectivity index (χ0) is 20.8. The average Bonchev–Trinajstić information content (AvgIpc) is 3.22. The van der Waals surface area contributed by atoms with Gasteiger partial charge in [0.1, 0.15) is 6.54 Å². The van der Waals surface area contributed by atoms with Gasteiger partial charge in [0, 0.05) is 19.3 Å². The van der Waals surface area contributed by atoms with E-state index in [1.807, 2.05) is 25.1 Å². The average molecular weight is 408 g/mol. The van der Waals surface area contributed by atoms with Gasteiger partial charge >= 0.3 is 0 Å². The number of morpholine rings is 1. The molecule has 1 aliphatic heterocycles. The summed E-state index contributed by atoms with van der Waals surface area (Å²) in [4.78, 5) is 23.2. The number of tetrazole rings is 1. The zero-order valence-electron chi connectivity index (χ0n) is 16.8. The number of aromatic nitrogens is 6. The van der Waals surface area contributed by atoms with Crippen LogP contribution in [0, 0.1) is 6.92 Å². The van der Waals surface area contributed by atoms with Crippen LogP contribution in [0.1, 0.15) is 28.8 Å². The van der Waals surface area contributed by atoms with Crippen molar-refractivity contribution in [1.29, 1.82) is 0 Å². The molecule has 10 heteroatoms. The molecule has 1 amide bonds. The second kappa shape index (κ2) is 9.51. The molecule has 1 aliphatic rings. The number of hydrogen-bond acceptors (Lipinski definition) is 8. The van der Waals surface area contributed by atoms with Crippen LogP contribution in [-0.2, 0) is 22.6 Å². The maximum absolute atomic E-state index is 12.5. The minimum atomic E-state index is -0.195. The molecule has 1 atom stereocenters. The number of nitrogens with zero attached hydrogens (tertiary/aromatic N) is 7. The third-order valence-electron chi connectivity index (χ3n) is 4.92. The summed E-state index contributed by atoms with van der Waals surface area (Å²) in [7, 11) is 0. The molecule has 0 aliphatic carbocycles. The predicted molar refractivity (Wildman–Crippen MR) is 107 cm³/mol. The molecule has 2 aromatic heterocycles. The third kappa shape index (κ3) is 4.84. The van der Waals surface area contributed by atoms with Crippen LogP contribution in [0.5, 0.6) is 0 Å². The van der Waals surface area contributed by atoms with Gasteiger partial charge < -0.3 is 10.1 Å². The molecule has 1 saturated heterocycles. The molecule has 1 fully saturated rings. The second-order valence-corrected chi connectivity index (χ2v) is 7.08. The van der Waals surface area contributed by atoms with E-state index in [0.717, 1.165) is 24.3 Å². The molecule has 0 spiro atoms. The molecule has 30 heavy (non-hydrogen) atoms. The van der Waals surface area contributed by atoms with E-state index < -0.39 is 0 Å². The SMILES string of the molecule is Cc1cnc(CNC(=O)Cn2nnnc2C(c2ccccc2)N2CCOCC2)cn1. The first-order valence-corrected chi connectivity index (χ1v) is 9.88. The van der Waals surface area contributed by atoms with Gasteiger partial charge in [0.2, 0.25) is 5.91 Å². The van der Waals surface area contributed by atoms with Gasteiger partial charge in [-0.3, -0.25) is 19.7 Å². The Hall–Kier alpha value is -3.24. The lowest BCUT2D eigenvalue weighted by Gasteiger charge is -2.33. The maximum atomic E-state index is 12.5. The van der Waals surface area contributed by atoms with Crippen molar-refractivity contribution >= 4 is 5.91 Å². The van der Waals surface area contributed by atoms with Crippen molar-refractivity contribution in [2.24, 2.45) is 0 Å². The van der Waals surface area contributed by atoms with Gasteiger partial charge in [-0.05, 0) is 22.9 Å². The summed E-state index contributed by atoms with van der Waals surface area (Å²) in [6.45, 7) is 5.04. The highest BCUT2D eigenvalue weighted by molar-refractivity contribution is 5.75. The number of ether oxygens (including phenoxy) is 1. The van der Waals surface area contributed by atoms with Crippen LogP contribution >= 0.6 is 0 Å². The van der Waals surface area contributed by atoms with Crippen LogP contribution in [-0.4, -0.2) is 67.3 Å². The van der Waals surface area contributed by atoms with Gasteiger partial charge in [0.15, 0.2) is 5.82 Å². The Morgan fingerprint density at radius 1 is 1.17 bits per heavy atom. The Morgan fingerprint density at radius 2 is 1.97 bits per heavy atom. The number of carbonyl (C=O) groups excluding carboxylic acids is 1. The number of aryl methyl sites for hydroxylation is 1. The minimum Gasteiger partial charge on any atom is -0.379 e. The Balaban J connectivity index is 1.49. The summed E-state index contributed by atoms with van der Waals surface area (Å²) in [5, 5.41) is 15.0. The molecule has 0 saturated carbocycles. The number of hydrogen-bond donors (Lipinski definition) is 1. The van der Waals surface area contributed by atoms with Crippen LogP contribution in [0.25, 0.3) is 0 Å². The van der Waals surface area contributed by atoms with Crippen LogP contribution in [0.4, 0.5) is 0 Å². The van der Waals surface area contributed by atoms with Crippen molar-refractivity contribution in [3.8, 4) is 0 Å². The van der Waals surface area contributed by atoms with E-state index in [9.17, 15) is 4.79 Å². The Bertz CT molecular complexity index is 954. The lowest BCUT2D eigenvalue weighted by molar-refractivity contribution is -0.122. The molecule has 0 bridgehead atoms. The molecule has 10 nitrogen and oxygen atoms in total. The van der Waals surface area contributed by atoms with Gasteiger partial charge in [-0.1, -0.05) is 30.3 Å². The number of carbonyl (C=O) groups is 1. The lowest BCUT2D eigenvalue weighted by Crippen LogP contribution is -2.41. The highest BCUT2D eigenvalue weighted by Crippen LogP contribution is 2.27. The molecule has 4 rings (SSSR count). The summed E-state index contributed by atoms with van der Waals surface area (Å²) in [5.74, 6) is 0.438. The van der Waals surface area contributed by atoms with Crippen molar-refractivity contribution in [1.82, 2.24) is 40.4 Å². The van der Waals surface area contributed by atoms with Crippen molar-refractivity contribution < 1.29 is 9.53 Å². The van der Waals surface area contributed by atoms with E-state index in [1.165, 1.54) is 0 Å². The molecule has 3 heterocycles. The monoisotopic (exact) mass is 408 g/mol. The fourth-order valence-corrected chi connectivity index (χ4v) is 3.41. The molecule has 156 valence electrons. The van der Waals surface area contributed by atoms with Crippen molar-refractivity contribution in [2.45, 2.75) is 26.1 Å². The van der Waals surface area contributed by atoms with E-state index in [0.29, 0.717) is 31.3 Å². The predicted octanol–water partition coefficient (Wildman–Crippen LogP) is 0.510. The van der Waals surface area contributed by atoms with Gasteiger partial charge in [0.05, 0.1) is 43.4 Å². The van der Waals surface area contributed by atoms with E-state index in [4.69, 9.17) is 4.74 Å². The van der Waals surface area contributed by atoms with E-state index in [-0.39, 0.29) is 18.5 Å². The van der Waals surface area contributed by atoms with Crippen molar-refractivity contribution in [2.75, 3.05) is 26.3 Å². The Labute approximate surface area is 174 Å². The first-order chi connectivity index (χ1) is 14.7. The van der Waals surface area contributed by atoms with Crippen LogP contribution in [0.3, 0.4) is 0 Å². The third-order valence-corrected chi connectivity index (χ3v) is 4.92. The van der Waals surface area contributed by atoms with Crippen LogP contribution in [0.2, 0.25) is 0 Å². The topological polar surface area (TPSA) is 111 Å². The number of amides is 1. The van der Waals surface area contributed by atoms with Gasteiger partial charge in [0.25, 0.3) is 0 Å². The zero-order valence-corrected chi connectivity index (χ0v) is 16.8. The molecule has 3 aromatic rings. The summed E-state index contributed by atoms with van der Waals surface area (Å²) in [5.41, 5.74) is 2.60. The summed E-state index contributed by atoms with van der Waals surface area (Å²) in [6.07, 6.45) is 3.33. The fourth-order valence-electron chi connectivity index (χ4n) is 3.41. The van der Waals surface area contributed by atoms with E-state index in [2.05, 4.69) is 47.8 Å². The number of nitrogens with one attached hydrogen (secondary N) is 1. The molecule has 1 unspecified atom stereocenters. The summed E-state index contributed by atoms with van der Waals surface area (Å²) >= 11 is 0. The smallest absolute Gasteiger partial charge is 0.242 e. The largest absolute Gasteiger partial charge is 0.379 e. The Morgan fingerprint density at radius 3 is 2.70 bits per heavy atom. The fraction of sp³-hybridized carbons (Fsp3) is 0.400. The number of benzene rings is 1. The highest BCUT2D eigenvalue weighted by Gasteiger charge is 2.29. The standard InChI is InChI=1S/C20H24N8O2/c1-15-11-22-17(12-21-15)13-23-18(29)14-28-20(24-25-26-28)19(16-5-3-2-4-6-16)27-7-9-30-10-8-27/h2-6,11-12,19H,7-10,13-14H2,1H3,(H,23,29). The van der Waals surface area contributed by atoms with Crippen molar-refractivity contribution in [3.63, 3.8) is 0 Å². The van der Waals surface area contributed by atoms with E-state index in [1.54, 1.807) is 17.1 Å². The molecule has 0 radical (unpaired) electrons. The minimum absolute atomic E-state index is 0.0231. The molecular weight excluding hydrogens is 384 g/mol. The second-order valence-electron chi connectivity index (χ2n) is 7.08. The quantitative estimate of drug-likeness (QED) is 0.602. The lowest BCUT2D eigenvalue weighted by atomic mass is 10.0. The molecular formula is C20H24N8O2. The van der Waals surface area contributed by atoms with E-state index >= 15 is 0 Å². The molecule has 1 N–H and O–H groups in total. The molecule has 1 aromatic carbocycles. The van der Waals surface area contributed by atoms with Crippen LogP contribution < -0.4 is 5.32 Å². The first kappa shape index (κ1) is 20.0. The summed E-state index contributed by atoms with van der Waals surface area (Å²) in [6, 6.07) is 9.91. The summed E-state index contributed by atoms with van der Waals surface area (Å²) < 4.78 is 7.06. The van der Waals surface area contributed by atoms with Gasteiger partial charge in [-0.2, -0.15) is 0 Å². The highest BCUT2D eigenvalue weighted by atomic mass is 16.5. The first-order valence-electron chi connectivity index (χ1n) is 9.88. The normalized spacial score (nSPS) is 15.6.